The zero-order valence-corrected chi connectivity index (χ0v) is 22.6. The molecular weight excluding hydrogens is 468 g/mol. The van der Waals surface area contributed by atoms with Crippen LogP contribution < -0.4 is 16.3 Å². The fourth-order valence-corrected chi connectivity index (χ4v) is 5.47. The van der Waals surface area contributed by atoms with Crippen molar-refractivity contribution in [1.29, 1.82) is 0 Å². The summed E-state index contributed by atoms with van der Waals surface area (Å²) in [5.74, 6) is 0.267. The van der Waals surface area contributed by atoms with E-state index in [0.717, 1.165) is 45.1 Å². The average Bonchev–Trinajstić information content (AvgIpc) is 3.48. The van der Waals surface area contributed by atoms with Crippen molar-refractivity contribution in [2.45, 2.75) is 27.2 Å². The lowest BCUT2D eigenvalue weighted by atomic mass is 9.70. The van der Waals surface area contributed by atoms with E-state index in [1.165, 1.54) is 16.8 Å². The molecule has 0 aliphatic heterocycles. The van der Waals surface area contributed by atoms with Crippen LogP contribution in [0.5, 0.6) is 0 Å². The quantitative estimate of drug-likeness (QED) is 0.330. The lowest BCUT2D eigenvalue weighted by molar-refractivity contribution is 0.403. The van der Waals surface area contributed by atoms with E-state index in [1.54, 1.807) is 6.20 Å². The molecule has 6 nitrogen and oxygen atoms in total. The van der Waals surface area contributed by atoms with Gasteiger partial charge >= 0.3 is 0 Å². The zero-order chi connectivity index (χ0) is 26.9. The number of aromatic amines is 2. The molecule has 38 heavy (non-hydrogen) atoms. The predicted octanol–water partition coefficient (Wildman–Crippen LogP) is 4.34. The molecule has 0 saturated carbocycles. The highest BCUT2D eigenvalue weighted by atomic mass is 15.1. The van der Waals surface area contributed by atoms with Crippen LogP contribution in [0.1, 0.15) is 37.6 Å². The van der Waals surface area contributed by atoms with Crippen molar-refractivity contribution in [3.63, 3.8) is 0 Å². The third-order valence-corrected chi connectivity index (χ3v) is 7.66. The summed E-state index contributed by atoms with van der Waals surface area (Å²) in [6.45, 7) is 11.0. The van der Waals surface area contributed by atoms with Gasteiger partial charge in [0.15, 0.2) is 0 Å². The number of pyridine rings is 1. The van der Waals surface area contributed by atoms with E-state index in [1.807, 2.05) is 31.6 Å². The number of nitrogens with two attached hydrogens (primary N) is 1. The maximum absolute atomic E-state index is 6.36. The fourth-order valence-electron chi connectivity index (χ4n) is 5.47. The summed E-state index contributed by atoms with van der Waals surface area (Å²) < 4.78 is 0. The molecule has 3 aromatic rings. The van der Waals surface area contributed by atoms with Gasteiger partial charge in [0, 0.05) is 72.0 Å². The number of hydrogen-bond donors (Lipinski definition) is 3. The van der Waals surface area contributed by atoms with Crippen LogP contribution in [0.25, 0.3) is 29.1 Å². The highest BCUT2D eigenvalue weighted by molar-refractivity contribution is 5.85. The smallest absolute Gasteiger partial charge is 0.116 e. The maximum atomic E-state index is 6.36. The van der Waals surface area contributed by atoms with Gasteiger partial charge in [-0.1, -0.05) is 61.9 Å². The number of aliphatic imine (C=N–C) groups is 1. The molecule has 2 aliphatic carbocycles. The van der Waals surface area contributed by atoms with Gasteiger partial charge in [-0.15, -0.1) is 6.58 Å². The van der Waals surface area contributed by atoms with Gasteiger partial charge in [-0.25, -0.2) is 0 Å². The Hall–Kier alpha value is -4.03. The Morgan fingerprint density at radius 3 is 2.92 bits per heavy atom. The fraction of sp³-hybridized carbons (Fsp3) is 0.281. The second kappa shape index (κ2) is 10.4. The highest BCUT2D eigenvalue weighted by Crippen LogP contribution is 2.37. The van der Waals surface area contributed by atoms with Gasteiger partial charge < -0.3 is 10.7 Å². The van der Waals surface area contributed by atoms with Crippen molar-refractivity contribution in [3.05, 3.63) is 100 Å². The standard InChI is InChI=1S/C32H36N6/c1-6-20(2)12-23(17-34-5)27-14-26-30(16-32(27,4)19-33)37-38-31(26)29-15-25-24(22-8-7-11-35-18-22)10-9-21(3)13-28(25)36-29/h6-12,14-18,20,27,36-37H,1,13,19,33H2,2-5H3/b23-12+,34-17?/t20-,27?,32+/m0/s1. The van der Waals surface area contributed by atoms with Crippen LogP contribution in [0.4, 0.5) is 0 Å². The summed E-state index contributed by atoms with van der Waals surface area (Å²) in [6, 6.07) is 6.31. The average molecular weight is 505 g/mol. The molecule has 3 aromatic heterocycles. The Balaban J connectivity index is 1.66. The first-order chi connectivity index (χ1) is 18.4. The zero-order valence-electron chi connectivity index (χ0n) is 22.6. The van der Waals surface area contributed by atoms with Crippen molar-refractivity contribution in [1.82, 2.24) is 20.2 Å². The minimum absolute atomic E-state index is 0.0475. The lowest BCUT2D eigenvalue weighted by Crippen LogP contribution is -2.43. The molecule has 6 heteroatoms. The minimum Gasteiger partial charge on any atom is -0.356 e. The Labute approximate surface area is 224 Å². The Morgan fingerprint density at radius 1 is 1.37 bits per heavy atom. The van der Waals surface area contributed by atoms with Gasteiger partial charge in [-0.2, -0.15) is 5.10 Å². The van der Waals surface area contributed by atoms with E-state index in [0.29, 0.717) is 6.54 Å². The first-order valence-corrected chi connectivity index (χ1v) is 13.1. The maximum Gasteiger partial charge on any atom is 0.116 e. The Morgan fingerprint density at radius 2 is 2.21 bits per heavy atom. The van der Waals surface area contributed by atoms with Crippen molar-refractivity contribution in [2.24, 2.45) is 28.0 Å². The van der Waals surface area contributed by atoms with Crippen LogP contribution in [-0.2, 0) is 6.42 Å². The molecule has 4 N–H and O–H groups in total. The molecule has 0 fully saturated rings. The predicted molar refractivity (Wildman–Crippen MR) is 158 cm³/mol. The van der Waals surface area contributed by atoms with Crippen LogP contribution in [0.15, 0.2) is 77.6 Å². The molecule has 0 amide bonds. The Kier molecular flexibility index (Phi) is 7.00. The number of allylic oxidation sites excluding steroid dienone is 6. The largest absolute Gasteiger partial charge is 0.356 e. The number of fused-ring (bicyclic) bond motifs is 2. The minimum atomic E-state index is -0.282. The first-order valence-electron chi connectivity index (χ1n) is 13.1. The number of rotatable bonds is 7. The molecule has 0 bridgehead atoms. The summed E-state index contributed by atoms with van der Waals surface area (Å²) in [5.41, 5.74) is 15.0. The van der Waals surface area contributed by atoms with Crippen LogP contribution in [0, 0.1) is 17.3 Å². The van der Waals surface area contributed by atoms with Crippen LogP contribution in [0.3, 0.4) is 0 Å². The van der Waals surface area contributed by atoms with E-state index < -0.39 is 0 Å². The van der Waals surface area contributed by atoms with Crippen LogP contribution in [-0.4, -0.2) is 40.0 Å². The molecule has 3 atom stereocenters. The monoisotopic (exact) mass is 504 g/mol. The number of hydrogen-bond acceptors (Lipinski definition) is 4. The first kappa shape index (κ1) is 25.6. The number of H-pyrrole nitrogens is 2. The van der Waals surface area contributed by atoms with Crippen LogP contribution in [0.2, 0.25) is 0 Å². The Bertz CT molecular complexity index is 1590. The van der Waals surface area contributed by atoms with E-state index in [9.17, 15) is 0 Å². The van der Waals surface area contributed by atoms with Gasteiger partial charge in [-0.3, -0.25) is 15.1 Å². The summed E-state index contributed by atoms with van der Waals surface area (Å²) in [6.07, 6.45) is 19.6. The van der Waals surface area contributed by atoms with E-state index in [4.69, 9.17) is 10.8 Å². The normalized spacial score (nSPS) is 21.9. The summed E-state index contributed by atoms with van der Waals surface area (Å²) >= 11 is 0. The number of aromatic nitrogens is 4. The molecule has 0 saturated heterocycles. The number of nitrogens with zero attached hydrogens (tertiary/aromatic N) is 3. The molecule has 0 aromatic carbocycles. The molecule has 1 unspecified atom stereocenters. The topological polar surface area (TPSA) is 95.7 Å². The third-order valence-electron chi connectivity index (χ3n) is 7.66. The van der Waals surface area contributed by atoms with Crippen LogP contribution >= 0.6 is 0 Å². The van der Waals surface area contributed by atoms with Gasteiger partial charge in [0.05, 0.1) is 11.0 Å². The van der Waals surface area contributed by atoms with E-state index in [2.05, 4.69) is 89.9 Å². The van der Waals surface area contributed by atoms with Crippen molar-refractivity contribution in [2.75, 3.05) is 13.6 Å². The van der Waals surface area contributed by atoms with Crippen molar-refractivity contribution >= 4 is 23.9 Å². The third kappa shape index (κ3) is 4.68. The molecule has 2 aliphatic rings. The van der Waals surface area contributed by atoms with Crippen molar-refractivity contribution in [3.8, 4) is 11.4 Å². The summed E-state index contributed by atoms with van der Waals surface area (Å²) in [7, 11) is 1.81. The van der Waals surface area contributed by atoms with Gasteiger partial charge in [0.2, 0.25) is 0 Å². The van der Waals surface area contributed by atoms with E-state index in [-0.39, 0.29) is 17.3 Å². The molecular formula is C32H36N6. The molecule has 0 spiro atoms. The molecule has 194 valence electrons. The molecule has 0 radical (unpaired) electrons. The second-order valence-corrected chi connectivity index (χ2v) is 10.6. The SMILES string of the molecule is C=C[C@H](C)/C=C(\C=NC)C1C=c2c(-c3cc4c([nH]3)CC(C)=CC=C4c3cccnc3)n[nH]c2=C[C@]1(C)CN. The molecule has 3 heterocycles. The van der Waals surface area contributed by atoms with Gasteiger partial charge in [0.25, 0.3) is 0 Å². The van der Waals surface area contributed by atoms with Gasteiger partial charge in [-0.05, 0) is 36.1 Å². The van der Waals surface area contributed by atoms with E-state index >= 15 is 0 Å². The number of nitrogens with one attached hydrogen (secondary N) is 2. The second-order valence-electron chi connectivity index (χ2n) is 10.6. The summed E-state index contributed by atoms with van der Waals surface area (Å²) in [5, 5.41) is 10.2. The van der Waals surface area contributed by atoms with Crippen molar-refractivity contribution < 1.29 is 0 Å². The molecule has 5 rings (SSSR count). The van der Waals surface area contributed by atoms with Gasteiger partial charge in [0.1, 0.15) is 5.69 Å². The highest BCUT2D eigenvalue weighted by Gasteiger charge is 2.35. The lowest BCUT2D eigenvalue weighted by Gasteiger charge is -2.35. The summed E-state index contributed by atoms with van der Waals surface area (Å²) in [4.78, 5) is 12.4.